The highest BCUT2D eigenvalue weighted by Crippen LogP contribution is 2.36. The van der Waals surface area contributed by atoms with Crippen LogP contribution in [0.3, 0.4) is 0 Å². The fourth-order valence-electron chi connectivity index (χ4n) is 3.15. The van der Waals surface area contributed by atoms with Gasteiger partial charge in [0.05, 0.1) is 52.2 Å². The Labute approximate surface area is 171 Å². The van der Waals surface area contributed by atoms with E-state index < -0.39 is 45.5 Å². The monoisotopic (exact) mass is 439 g/mol. The summed E-state index contributed by atoms with van der Waals surface area (Å²) >= 11 is 6.38. The zero-order chi connectivity index (χ0) is 21.7. The minimum absolute atomic E-state index is 0.163. The Kier molecular flexibility index (Phi) is 4.83. The lowest BCUT2D eigenvalue weighted by atomic mass is 10.1. The molecule has 0 saturated carbocycles. The van der Waals surface area contributed by atoms with Gasteiger partial charge in [-0.25, -0.2) is 18.0 Å². The van der Waals surface area contributed by atoms with Crippen molar-refractivity contribution in [2.24, 2.45) is 0 Å². The van der Waals surface area contributed by atoms with Crippen LogP contribution in [0, 0.1) is 17.5 Å². The summed E-state index contributed by atoms with van der Waals surface area (Å²) < 4.78 is 48.9. The fraction of sp³-hybridized carbons (Fsp3) is 0.158. The average Bonchev–Trinajstić information content (AvgIpc) is 2.64. The van der Waals surface area contributed by atoms with Crippen LogP contribution < -0.4 is 16.5 Å². The van der Waals surface area contributed by atoms with Gasteiger partial charge in [0.25, 0.3) is 0 Å². The minimum atomic E-state index is -1.61. The Balaban J connectivity index is 2.10. The predicted octanol–water partition coefficient (Wildman–Crippen LogP) is 3.15. The van der Waals surface area contributed by atoms with Crippen LogP contribution in [-0.4, -0.2) is 34.9 Å². The van der Waals surface area contributed by atoms with Crippen molar-refractivity contribution in [2.45, 2.75) is 6.04 Å². The van der Waals surface area contributed by atoms with E-state index in [-0.39, 0.29) is 28.0 Å². The van der Waals surface area contributed by atoms with E-state index in [4.69, 9.17) is 22.1 Å². The summed E-state index contributed by atoms with van der Waals surface area (Å²) in [4.78, 5) is 24.2. The van der Waals surface area contributed by atoms with Gasteiger partial charge in [-0.3, -0.25) is 4.79 Å². The first-order valence-electron chi connectivity index (χ1n) is 8.59. The molecule has 0 bridgehead atoms. The number of hydrogen-bond acceptors (Lipinski definition) is 5. The molecular formula is C19H13ClF3N3O4. The standard InChI is InChI=1S/C19H13ClF3N3O4/c20-15-16(25-7-5-30-6-7)12(23)1-8-17(15)26(4-9(18(8)27)19(28)29)14-3-13(24)10(21)2-11(14)22/h1-4,7,25H,5-6,24H2,(H,28,29). The number of nitrogens with zero attached hydrogens (tertiary/aromatic N) is 1. The van der Waals surface area contributed by atoms with E-state index in [2.05, 4.69) is 5.32 Å². The third-order valence-electron chi connectivity index (χ3n) is 4.72. The number of hydrogen-bond donors (Lipinski definition) is 3. The third-order valence-corrected chi connectivity index (χ3v) is 5.09. The first-order valence-corrected chi connectivity index (χ1v) is 8.96. The van der Waals surface area contributed by atoms with Gasteiger partial charge < -0.3 is 25.5 Å². The smallest absolute Gasteiger partial charge is 0.341 e. The molecule has 0 amide bonds. The highest BCUT2D eigenvalue weighted by atomic mass is 35.5. The number of halogens is 4. The molecule has 156 valence electrons. The lowest BCUT2D eigenvalue weighted by Crippen LogP contribution is -2.40. The summed E-state index contributed by atoms with van der Waals surface area (Å²) in [5.41, 5.74) is 2.65. The van der Waals surface area contributed by atoms with Crippen molar-refractivity contribution >= 4 is 39.8 Å². The molecular weight excluding hydrogens is 427 g/mol. The number of carboxylic acid groups (broad SMARTS) is 1. The number of carboxylic acids is 1. The van der Waals surface area contributed by atoms with Crippen LogP contribution in [0.4, 0.5) is 24.5 Å². The summed E-state index contributed by atoms with van der Waals surface area (Å²) in [5.74, 6) is -4.63. The van der Waals surface area contributed by atoms with Crippen LogP contribution in [0.2, 0.25) is 5.02 Å². The summed E-state index contributed by atoms with van der Waals surface area (Å²) in [7, 11) is 0. The van der Waals surface area contributed by atoms with E-state index >= 15 is 0 Å². The van der Waals surface area contributed by atoms with Crippen molar-refractivity contribution in [1.29, 1.82) is 0 Å². The zero-order valence-electron chi connectivity index (χ0n) is 15.0. The lowest BCUT2D eigenvalue weighted by molar-refractivity contribution is 0.0210. The van der Waals surface area contributed by atoms with Crippen molar-refractivity contribution < 1.29 is 27.8 Å². The highest BCUT2D eigenvalue weighted by molar-refractivity contribution is 6.38. The van der Waals surface area contributed by atoms with Crippen LogP contribution in [0.5, 0.6) is 0 Å². The topological polar surface area (TPSA) is 107 Å². The van der Waals surface area contributed by atoms with Gasteiger partial charge in [0.1, 0.15) is 23.0 Å². The molecule has 1 aliphatic heterocycles. The highest BCUT2D eigenvalue weighted by Gasteiger charge is 2.26. The molecule has 30 heavy (non-hydrogen) atoms. The minimum Gasteiger partial charge on any atom is -0.477 e. The largest absolute Gasteiger partial charge is 0.477 e. The van der Waals surface area contributed by atoms with E-state index in [1.807, 2.05) is 0 Å². The molecule has 2 heterocycles. The Morgan fingerprint density at radius 2 is 1.90 bits per heavy atom. The Bertz CT molecular complexity index is 1270. The molecule has 0 radical (unpaired) electrons. The number of anilines is 2. The van der Waals surface area contributed by atoms with Crippen LogP contribution >= 0.6 is 11.6 Å². The van der Waals surface area contributed by atoms with E-state index in [9.17, 15) is 27.9 Å². The van der Waals surface area contributed by atoms with E-state index in [1.54, 1.807) is 0 Å². The molecule has 0 unspecified atom stereocenters. The normalized spacial score (nSPS) is 14.0. The van der Waals surface area contributed by atoms with Gasteiger partial charge in [-0.15, -0.1) is 0 Å². The number of benzene rings is 2. The number of ether oxygens (including phenoxy) is 1. The SMILES string of the molecule is Nc1cc(-n2cc(C(=O)O)c(=O)c3cc(F)c(NC4COC4)c(Cl)c32)c(F)cc1F. The molecule has 1 aliphatic rings. The zero-order valence-corrected chi connectivity index (χ0v) is 15.8. The molecule has 4 N–H and O–H groups in total. The van der Waals surface area contributed by atoms with Gasteiger partial charge in [0, 0.05) is 12.3 Å². The van der Waals surface area contributed by atoms with Gasteiger partial charge in [-0.05, 0) is 12.1 Å². The molecule has 1 fully saturated rings. The molecule has 1 saturated heterocycles. The van der Waals surface area contributed by atoms with Crippen molar-refractivity contribution in [1.82, 2.24) is 4.57 Å². The number of rotatable bonds is 4. The maximum Gasteiger partial charge on any atom is 0.341 e. The molecule has 7 nitrogen and oxygen atoms in total. The van der Waals surface area contributed by atoms with Crippen molar-refractivity contribution in [3.8, 4) is 5.69 Å². The number of aromatic carboxylic acids is 1. The molecule has 11 heteroatoms. The van der Waals surface area contributed by atoms with Crippen molar-refractivity contribution in [3.63, 3.8) is 0 Å². The Morgan fingerprint density at radius 1 is 1.20 bits per heavy atom. The van der Waals surface area contributed by atoms with Gasteiger partial charge >= 0.3 is 5.97 Å². The van der Waals surface area contributed by atoms with Crippen molar-refractivity contribution in [3.05, 3.63) is 62.7 Å². The Hall–Kier alpha value is -3.24. The molecule has 3 aromatic rings. The van der Waals surface area contributed by atoms with Crippen LogP contribution in [0.25, 0.3) is 16.6 Å². The number of nitrogens with one attached hydrogen (secondary N) is 1. The molecule has 0 atom stereocenters. The summed E-state index contributed by atoms with van der Waals surface area (Å²) in [6.45, 7) is 0.614. The van der Waals surface area contributed by atoms with Crippen LogP contribution in [0.15, 0.2) is 29.2 Å². The quantitative estimate of drug-likeness (QED) is 0.539. The maximum absolute atomic E-state index is 14.7. The maximum atomic E-state index is 14.7. The summed E-state index contributed by atoms with van der Waals surface area (Å²) in [6.07, 6.45) is 0.836. The van der Waals surface area contributed by atoms with Crippen molar-refractivity contribution in [2.75, 3.05) is 24.3 Å². The second-order valence-corrected chi connectivity index (χ2v) is 7.07. The van der Waals surface area contributed by atoms with Crippen LogP contribution in [0.1, 0.15) is 10.4 Å². The average molecular weight is 440 g/mol. The predicted molar refractivity (Wildman–Crippen MR) is 104 cm³/mol. The van der Waals surface area contributed by atoms with Gasteiger partial charge in [-0.2, -0.15) is 0 Å². The van der Waals surface area contributed by atoms with Gasteiger partial charge in [-0.1, -0.05) is 11.6 Å². The number of nitrogens with two attached hydrogens (primary N) is 1. The fourth-order valence-corrected chi connectivity index (χ4v) is 3.49. The Morgan fingerprint density at radius 3 is 2.50 bits per heavy atom. The number of fused-ring (bicyclic) bond motifs is 1. The van der Waals surface area contributed by atoms with E-state index in [1.165, 1.54) is 0 Å². The second kappa shape index (κ2) is 7.22. The number of aromatic nitrogens is 1. The number of carbonyl (C=O) groups is 1. The van der Waals surface area contributed by atoms with Gasteiger partial charge in [0.2, 0.25) is 5.43 Å². The molecule has 0 spiro atoms. The van der Waals surface area contributed by atoms with E-state index in [0.717, 1.165) is 22.9 Å². The lowest BCUT2D eigenvalue weighted by Gasteiger charge is -2.29. The first-order chi connectivity index (χ1) is 14.2. The molecule has 2 aromatic carbocycles. The summed E-state index contributed by atoms with van der Waals surface area (Å²) in [6, 6.07) is 2.02. The third kappa shape index (κ3) is 3.14. The number of nitrogen functional groups attached to an aromatic ring is 1. The molecule has 1 aromatic heterocycles. The summed E-state index contributed by atoms with van der Waals surface area (Å²) in [5, 5.41) is 11.5. The first kappa shape index (κ1) is 20.0. The molecule has 4 rings (SSSR count). The van der Waals surface area contributed by atoms with E-state index in [0.29, 0.717) is 19.3 Å². The van der Waals surface area contributed by atoms with Crippen LogP contribution in [-0.2, 0) is 4.74 Å². The number of pyridine rings is 1. The second-order valence-electron chi connectivity index (χ2n) is 6.69. The molecule has 0 aliphatic carbocycles. The van der Waals surface area contributed by atoms with Gasteiger partial charge in [0.15, 0.2) is 0 Å².